The highest BCUT2D eigenvalue weighted by Crippen LogP contribution is 2.14. The van der Waals surface area contributed by atoms with Crippen molar-refractivity contribution in [2.75, 3.05) is 0 Å². The number of nitrogens with zero attached hydrogens (tertiary/aromatic N) is 2. The van der Waals surface area contributed by atoms with Crippen molar-refractivity contribution in [2.45, 2.75) is 32.9 Å². The lowest BCUT2D eigenvalue weighted by Gasteiger charge is -2.07. The van der Waals surface area contributed by atoms with E-state index in [2.05, 4.69) is 53.4 Å². The summed E-state index contributed by atoms with van der Waals surface area (Å²) < 4.78 is 0. The molecule has 0 aliphatic heterocycles. The zero-order valence-corrected chi connectivity index (χ0v) is 10.9. The lowest BCUT2D eigenvalue weighted by Crippen LogP contribution is -2.13. The van der Waals surface area contributed by atoms with Gasteiger partial charge >= 0.3 is 0 Å². The van der Waals surface area contributed by atoms with Crippen LogP contribution in [-0.2, 0) is 13.1 Å². The molecule has 3 heteroatoms. The molecule has 0 aliphatic rings. The van der Waals surface area contributed by atoms with Crippen molar-refractivity contribution in [3.63, 3.8) is 0 Å². The molecular weight excluding hydrogens is 222 g/mol. The van der Waals surface area contributed by atoms with Gasteiger partial charge in [-0.3, -0.25) is 0 Å². The molecule has 1 aromatic carbocycles. The van der Waals surface area contributed by atoms with Gasteiger partial charge in [0.05, 0.1) is 5.69 Å². The Bertz CT molecular complexity index is 463. The van der Waals surface area contributed by atoms with Crippen LogP contribution < -0.4 is 5.32 Å². The topological polar surface area (TPSA) is 37.8 Å². The van der Waals surface area contributed by atoms with Crippen molar-refractivity contribution in [3.8, 4) is 0 Å². The summed E-state index contributed by atoms with van der Waals surface area (Å²) in [4.78, 5) is 8.07. The number of nitrogens with one attached hydrogen (secondary N) is 1. The molecule has 18 heavy (non-hydrogen) atoms. The maximum atomic E-state index is 4.17. The van der Waals surface area contributed by atoms with E-state index < -0.39 is 0 Å². The van der Waals surface area contributed by atoms with E-state index in [1.54, 1.807) is 12.5 Å². The molecule has 3 nitrogen and oxygen atoms in total. The lowest BCUT2D eigenvalue weighted by molar-refractivity contribution is 0.677. The molecule has 0 saturated heterocycles. The summed E-state index contributed by atoms with van der Waals surface area (Å²) in [7, 11) is 0. The fraction of sp³-hybridized carbons (Fsp3) is 0.333. The summed E-state index contributed by atoms with van der Waals surface area (Å²) in [5.74, 6) is 0.591. The second kappa shape index (κ2) is 6.26. The smallest absolute Gasteiger partial charge is 0.115 e. The van der Waals surface area contributed by atoms with Crippen LogP contribution in [0.5, 0.6) is 0 Å². The molecule has 0 aliphatic carbocycles. The maximum Gasteiger partial charge on any atom is 0.115 e. The van der Waals surface area contributed by atoms with Crippen molar-refractivity contribution in [1.29, 1.82) is 0 Å². The first-order valence-corrected chi connectivity index (χ1v) is 6.30. The van der Waals surface area contributed by atoms with Gasteiger partial charge in [0.15, 0.2) is 0 Å². The molecular formula is C15H19N3. The average molecular weight is 241 g/mol. The van der Waals surface area contributed by atoms with Crippen LogP contribution in [-0.4, -0.2) is 9.97 Å². The first-order chi connectivity index (χ1) is 8.75. The van der Waals surface area contributed by atoms with Crippen LogP contribution in [0.3, 0.4) is 0 Å². The molecule has 0 amide bonds. The molecule has 0 bridgehead atoms. The molecule has 0 radical (unpaired) electrons. The van der Waals surface area contributed by atoms with Crippen LogP contribution in [0.1, 0.15) is 36.6 Å². The lowest BCUT2D eigenvalue weighted by atomic mass is 10.0. The summed E-state index contributed by atoms with van der Waals surface area (Å²) in [5, 5.41) is 3.38. The number of benzene rings is 1. The number of hydrogen-bond donors (Lipinski definition) is 1. The normalized spacial score (nSPS) is 10.8. The third-order valence-electron chi connectivity index (χ3n) is 2.92. The molecule has 0 fully saturated rings. The van der Waals surface area contributed by atoms with E-state index in [-0.39, 0.29) is 0 Å². The summed E-state index contributed by atoms with van der Waals surface area (Å²) in [5.41, 5.74) is 3.70. The maximum absolute atomic E-state index is 4.17. The SMILES string of the molecule is CC(C)c1ccc(CNCc2ccncn2)cc1. The van der Waals surface area contributed by atoms with Crippen molar-refractivity contribution in [2.24, 2.45) is 0 Å². The standard InChI is InChI=1S/C15H19N3/c1-12(2)14-5-3-13(4-6-14)9-17-10-15-7-8-16-11-18-15/h3-8,11-12,17H,9-10H2,1-2H3. The van der Waals surface area contributed by atoms with Crippen molar-refractivity contribution >= 4 is 0 Å². The van der Waals surface area contributed by atoms with Gasteiger partial charge in [0.1, 0.15) is 6.33 Å². The zero-order valence-electron chi connectivity index (χ0n) is 10.9. The third kappa shape index (κ3) is 3.64. The highest BCUT2D eigenvalue weighted by atomic mass is 14.9. The fourth-order valence-electron chi connectivity index (χ4n) is 1.78. The minimum atomic E-state index is 0.591. The summed E-state index contributed by atoms with van der Waals surface area (Å²) in [6.07, 6.45) is 3.34. The van der Waals surface area contributed by atoms with Gasteiger partial charge in [0.2, 0.25) is 0 Å². The Morgan fingerprint density at radius 3 is 2.44 bits per heavy atom. The molecule has 94 valence electrons. The van der Waals surface area contributed by atoms with Gasteiger partial charge in [-0.2, -0.15) is 0 Å². The van der Waals surface area contributed by atoms with E-state index in [4.69, 9.17) is 0 Å². The largest absolute Gasteiger partial charge is 0.307 e. The summed E-state index contributed by atoms with van der Waals surface area (Å²) >= 11 is 0. The second-order valence-corrected chi connectivity index (χ2v) is 4.70. The van der Waals surface area contributed by atoms with Gasteiger partial charge in [-0.25, -0.2) is 9.97 Å². The molecule has 2 aromatic rings. The average Bonchev–Trinajstić information content (AvgIpc) is 2.40. The number of rotatable bonds is 5. The Morgan fingerprint density at radius 1 is 1.06 bits per heavy atom. The van der Waals surface area contributed by atoms with Gasteiger partial charge in [0, 0.05) is 19.3 Å². The minimum Gasteiger partial charge on any atom is -0.307 e. The molecule has 0 spiro atoms. The van der Waals surface area contributed by atoms with Gasteiger partial charge in [-0.1, -0.05) is 38.1 Å². The summed E-state index contributed by atoms with van der Waals surface area (Å²) in [6.45, 7) is 6.06. The quantitative estimate of drug-likeness (QED) is 0.874. The highest BCUT2D eigenvalue weighted by molar-refractivity contribution is 5.24. The molecule has 1 aromatic heterocycles. The van der Waals surface area contributed by atoms with Crippen LogP contribution in [0.4, 0.5) is 0 Å². The first kappa shape index (κ1) is 12.7. The van der Waals surface area contributed by atoms with E-state index in [9.17, 15) is 0 Å². The van der Waals surface area contributed by atoms with E-state index in [0.29, 0.717) is 5.92 Å². The Morgan fingerprint density at radius 2 is 1.83 bits per heavy atom. The molecule has 2 rings (SSSR count). The van der Waals surface area contributed by atoms with Gasteiger partial charge < -0.3 is 5.32 Å². The molecule has 0 unspecified atom stereocenters. The van der Waals surface area contributed by atoms with E-state index in [0.717, 1.165) is 18.8 Å². The van der Waals surface area contributed by atoms with E-state index in [1.165, 1.54) is 11.1 Å². The second-order valence-electron chi connectivity index (χ2n) is 4.70. The zero-order chi connectivity index (χ0) is 12.8. The molecule has 1 heterocycles. The molecule has 0 atom stereocenters. The third-order valence-corrected chi connectivity index (χ3v) is 2.92. The van der Waals surface area contributed by atoms with Gasteiger partial charge in [-0.15, -0.1) is 0 Å². The van der Waals surface area contributed by atoms with Crippen LogP contribution in [0, 0.1) is 0 Å². The fourth-order valence-corrected chi connectivity index (χ4v) is 1.78. The Balaban J connectivity index is 1.83. The molecule has 0 saturated carbocycles. The first-order valence-electron chi connectivity index (χ1n) is 6.30. The van der Waals surface area contributed by atoms with E-state index in [1.807, 2.05) is 6.07 Å². The van der Waals surface area contributed by atoms with Crippen LogP contribution >= 0.6 is 0 Å². The van der Waals surface area contributed by atoms with Crippen LogP contribution in [0.2, 0.25) is 0 Å². The van der Waals surface area contributed by atoms with Crippen molar-refractivity contribution in [3.05, 3.63) is 59.7 Å². The van der Waals surface area contributed by atoms with Crippen molar-refractivity contribution < 1.29 is 0 Å². The number of hydrogen-bond acceptors (Lipinski definition) is 3. The van der Waals surface area contributed by atoms with Crippen molar-refractivity contribution in [1.82, 2.24) is 15.3 Å². The predicted octanol–water partition coefficient (Wildman–Crippen LogP) is 2.89. The monoisotopic (exact) mass is 241 g/mol. The van der Waals surface area contributed by atoms with Gasteiger partial charge in [-0.05, 0) is 23.1 Å². The molecule has 1 N–H and O–H groups in total. The summed E-state index contributed by atoms with van der Waals surface area (Å²) in [6, 6.07) is 10.7. The Labute approximate surface area is 108 Å². The predicted molar refractivity (Wildman–Crippen MR) is 73.1 cm³/mol. The number of aromatic nitrogens is 2. The van der Waals surface area contributed by atoms with Crippen LogP contribution in [0.15, 0.2) is 42.9 Å². The van der Waals surface area contributed by atoms with Crippen LogP contribution in [0.25, 0.3) is 0 Å². The van der Waals surface area contributed by atoms with Gasteiger partial charge in [0.25, 0.3) is 0 Å². The minimum absolute atomic E-state index is 0.591. The Hall–Kier alpha value is -1.74. The highest BCUT2D eigenvalue weighted by Gasteiger charge is 1.99. The van der Waals surface area contributed by atoms with E-state index >= 15 is 0 Å². The Kier molecular flexibility index (Phi) is 4.42.